The topological polar surface area (TPSA) is 41.6 Å². The van der Waals surface area contributed by atoms with Crippen molar-refractivity contribution in [2.75, 3.05) is 0 Å². The molecule has 0 aliphatic heterocycles. The molecule has 12 heavy (non-hydrogen) atoms. The van der Waals surface area contributed by atoms with Gasteiger partial charge >= 0.3 is 0 Å². The van der Waals surface area contributed by atoms with E-state index in [4.69, 9.17) is 0 Å². The molecule has 0 saturated carbocycles. The molecule has 1 aromatic rings. The van der Waals surface area contributed by atoms with Crippen LogP contribution in [0.4, 0.5) is 0 Å². The molecule has 1 aromatic heterocycles. The Morgan fingerprint density at radius 3 is 3.17 bits per heavy atom. The summed E-state index contributed by atoms with van der Waals surface area (Å²) in [6, 6.07) is 0. The van der Waals surface area contributed by atoms with E-state index in [1.54, 1.807) is 6.20 Å². The summed E-state index contributed by atoms with van der Waals surface area (Å²) in [4.78, 5) is 0. The van der Waals surface area contributed by atoms with Crippen molar-refractivity contribution in [1.29, 1.82) is 0 Å². The molecule has 2 rings (SSSR count). The van der Waals surface area contributed by atoms with Crippen LogP contribution in [0.1, 0.15) is 12.1 Å². The Hall–Kier alpha value is -1.38. The quantitative estimate of drug-likeness (QED) is 0.713. The maximum atomic E-state index is 4.02. The van der Waals surface area contributed by atoms with Crippen molar-refractivity contribution in [3.8, 4) is 0 Å². The van der Waals surface area contributed by atoms with Gasteiger partial charge in [0, 0.05) is 0 Å². The van der Waals surface area contributed by atoms with Crippen molar-refractivity contribution in [1.82, 2.24) is 15.4 Å². The first-order valence-corrected chi connectivity index (χ1v) is 4.13. The SMILES string of the molecule is C1=CCC(Cc2cn[nH]n2)C=C1. The predicted octanol–water partition coefficient (Wildman–Crippen LogP) is 1.48. The Bertz CT molecular complexity index is 285. The number of nitrogens with one attached hydrogen (secondary N) is 1. The average molecular weight is 161 g/mol. The van der Waals surface area contributed by atoms with Crippen LogP contribution in [0, 0.1) is 5.92 Å². The van der Waals surface area contributed by atoms with Crippen LogP contribution in [-0.4, -0.2) is 15.4 Å². The number of rotatable bonds is 2. The van der Waals surface area contributed by atoms with Crippen molar-refractivity contribution in [2.24, 2.45) is 5.92 Å². The first-order chi connectivity index (χ1) is 5.95. The molecular weight excluding hydrogens is 150 g/mol. The van der Waals surface area contributed by atoms with E-state index in [0.717, 1.165) is 18.5 Å². The van der Waals surface area contributed by atoms with Gasteiger partial charge in [0.1, 0.15) is 0 Å². The Kier molecular flexibility index (Phi) is 2.03. The maximum absolute atomic E-state index is 4.02. The third-order valence-corrected chi connectivity index (χ3v) is 2.01. The lowest BCUT2D eigenvalue weighted by Crippen LogP contribution is -2.02. The summed E-state index contributed by atoms with van der Waals surface area (Å²) in [7, 11) is 0. The average Bonchev–Trinajstić information content (AvgIpc) is 2.59. The number of aromatic amines is 1. The highest BCUT2D eigenvalue weighted by Gasteiger charge is 2.07. The van der Waals surface area contributed by atoms with Crippen LogP contribution in [0.3, 0.4) is 0 Å². The summed E-state index contributed by atoms with van der Waals surface area (Å²) in [5.74, 6) is 0.597. The number of H-pyrrole nitrogens is 1. The second-order valence-corrected chi connectivity index (χ2v) is 2.97. The van der Waals surface area contributed by atoms with Crippen LogP contribution in [0.5, 0.6) is 0 Å². The standard InChI is InChI=1S/C9H11N3/c1-2-4-8(5-3-1)6-9-7-10-12-11-9/h1-4,7-8H,5-6H2,(H,10,11,12). The third-order valence-electron chi connectivity index (χ3n) is 2.01. The van der Waals surface area contributed by atoms with Crippen LogP contribution in [0.2, 0.25) is 0 Å². The van der Waals surface area contributed by atoms with Crippen LogP contribution >= 0.6 is 0 Å². The lowest BCUT2D eigenvalue weighted by atomic mass is 9.96. The molecule has 0 spiro atoms. The van der Waals surface area contributed by atoms with Crippen LogP contribution in [0.25, 0.3) is 0 Å². The van der Waals surface area contributed by atoms with Gasteiger partial charge in [0.15, 0.2) is 0 Å². The van der Waals surface area contributed by atoms with Gasteiger partial charge in [-0.3, -0.25) is 0 Å². The van der Waals surface area contributed by atoms with E-state index in [1.165, 1.54) is 0 Å². The molecule has 1 N–H and O–H groups in total. The van der Waals surface area contributed by atoms with Gasteiger partial charge in [-0.05, 0) is 18.8 Å². The fraction of sp³-hybridized carbons (Fsp3) is 0.333. The second-order valence-electron chi connectivity index (χ2n) is 2.97. The molecule has 1 heterocycles. The summed E-state index contributed by atoms with van der Waals surface area (Å²) in [6.45, 7) is 0. The smallest absolute Gasteiger partial charge is 0.0830 e. The molecule has 0 saturated heterocycles. The summed E-state index contributed by atoms with van der Waals surface area (Å²) >= 11 is 0. The summed E-state index contributed by atoms with van der Waals surface area (Å²) in [5.41, 5.74) is 1.04. The van der Waals surface area contributed by atoms with E-state index < -0.39 is 0 Å². The molecule has 3 nitrogen and oxygen atoms in total. The highest BCUT2D eigenvalue weighted by Crippen LogP contribution is 2.15. The fourth-order valence-electron chi connectivity index (χ4n) is 1.38. The third kappa shape index (κ3) is 1.61. The molecule has 1 unspecified atom stereocenters. The Morgan fingerprint density at radius 1 is 1.50 bits per heavy atom. The molecule has 0 aromatic carbocycles. The van der Waals surface area contributed by atoms with Crippen molar-refractivity contribution in [2.45, 2.75) is 12.8 Å². The lowest BCUT2D eigenvalue weighted by Gasteiger charge is -2.09. The van der Waals surface area contributed by atoms with Gasteiger partial charge in [0.2, 0.25) is 0 Å². The summed E-state index contributed by atoms with van der Waals surface area (Å²) in [5, 5.41) is 10.4. The van der Waals surface area contributed by atoms with Gasteiger partial charge < -0.3 is 0 Å². The van der Waals surface area contributed by atoms with E-state index in [9.17, 15) is 0 Å². The zero-order chi connectivity index (χ0) is 8.23. The second kappa shape index (κ2) is 3.34. The van der Waals surface area contributed by atoms with E-state index in [1.807, 2.05) is 0 Å². The van der Waals surface area contributed by atoms with E-state index in [2.05, 4.69) is 39.7 Å². The van der Waals surface area contributed by atoms with Crippen LogP contribution in [0.15, 0.2) is 30.5 Å². The number of aromatic nitrogens is 3. The molecule has 1 atom stereocenters. The monoisotopic (exact) mass is 161 g/mol. The van der Waals surface area contributed by atoms with Gasteiger partial charge in [-0.1, -0.05) is 24.3 Å². The minimum atomic E-state index is 0.597. The van der Waals surface area contributed by atoms with Crippen molar-refractivity contribution >= 4 is 0 Å². The zero-order valence-electron chi connectivity index (χ0n) is 6.77. The minimum Gasteiger partial charge on any atom is -0.198 e. The van der Waals surface area contributed by atoms with Crippen molar-refractivity contribution in [3.05, 3.63) is 36.2 Å². The zero-order valence-corrected chi connectivity index (χ0v) is 6.77. The lowest BCUT2D eigenvalue weighted by molar-refractivity contribution is 0.640. The van der Waals surface area contributed by atoms with Gasteiger partial charge in [0.05, 0.1) is 11.9 Å². The van der Waals surface area contributed by atoms with Gasteiger partial charge in [0.25, 0.3) is 0 Å². The molecule has 0 bridgehead atoms. The largest absolute Gasteiger partial charge is 0.198 e. The van der Waals surface area contributed by atoms with Crippen molar-refractivity contribution < 1.29 is 0 Å². The van der Waals surface area contributed by atoms with E-state index in [-0.39, 0.29) is 0 Å². The van der Waals surface area contributed by atoms with E-state index in [0.29, 0.717) is 5.92 Å². The molecule has 62 valence electrons. The molecule has 1 aliphatic rings. The van der Waals surface area contributed by atoms with Crippen LogP contribution < -0.4 is 0 Å². The Balaban J connectivity index is 1.96. The van der Waals surface area contributed by atoms with Crippen LogP contribution in [-0.2, 0) is 6.42 Å². The Labute approximate surface area is 71.2 Å². The number of allylic oxidation sites excluding steroid dienone is 4. The maximum Gasteiger partial charge on any atom is 0.0830 e. The molecule has 0 amide bonds. The normalized spacial score (nSPS) is 21.5. The van der Waals surface area contributed by atoms with Gasteiger partial charge in [-0.2, -0.15) is 15.4 Å². The van der Waals surface area contributed by atoms with Gasteiger partial charge in [-0.15, -0.1) is 0 Å². The van der Waals surface area contributed by atoms with Crippen molar-refractivity contribution in [3.63, 3.8) is 0 Å². The summed E-state index contributed by atoms with van der Waals surface area (Å²) < 4.78 is 0. The molecular formula is C9H11N3. The minimum absolute atomic E-state index is 0.597. The highest BCUT2D eigenvalue weighted by atomic mass is 15.3. The predicted molar refractivity (Wildman–Crippen MR) is 46.5 cm³/mol. The molecule has 0 fully saturated rings. The first kappa shape index (κ1) is 7.28. The highest BCUT2D eigenvalue weighted by molar-refractivity contribution is 5.12. The van der Waals surface area contributed by atoms with E-state index >= 15 is 0 Å². The fourth-order valence-corrected chi connectivity index (χ4v) is 1.38. The van der Waals surface area contributed by atoms with Gasteiger partial charge in [-0.25, -0.2) is 0 Å². The molecule has 1 aliphatic carbocycles. The number of hydrogen-bond acceptors (Lipinski definition) is 2. The first-order valence-electron chi connectivity index (χ1n) is 4.13. The summed E-state index contributed by atoms with van der Waals surface area (Å²) in [6.07, 6.45) is 12.5. The molecule has 0 radical (unpaired) electrons. The number of nitrogens with zero attached hydrogens (tertiary/aromatic N) is 2. The molecule has 3 heteroatoms. The number of hydrogen-bond donors (Lipinski definition) is 1. The Morgan fingerprint density at radius 2 is 2.50 bits per heavy atom.